The van der Waals surface area contributed by atoms with Gasteiger partial charge in [-0.2, -0.15) is 0 Å². The molecule has 3 rings (SSSR count). The third-order valence-electron chi connectivity index (χ3n) is 4.40. The molecule has 2 amide bonds. The SMILES string of the molecule is Cc1cc(NC(=O)C(=O)N2CCC[C@H](N3CCCC3)C2)no1. The lowest BCUT2D eigenvalue weighted by Gasteiger charge is -2.37. The van der Waals surface area contributed by atoms with Crippen molar-refractivity contribution in [1.82, 2.24) is 15.0 Å². The number of likely N-dealkylation sites (tertiary alicyclic amines) is 2. The van der Waals surface area contributed by atoms with Crippen molar-refractivity contribution in [2.75, 3.05) is 31.5 Å². The minimum absolute atomic E-state index is 0.281. The molecule has 22 heavy (non-hydrogen) atoms. The maximum atomic E-state index is 12.3. The minimum Gasteiger partial charge on any atom is -0.360 e. The van der Waals surface area contributed by atoms with Crippen LogP contribution in [-0.2, 0) is 9.59 Å². The van der Waals surface area contributed by atoms with Crippen molar-refractivity contribution in [3.63, 3.8) is 0 Å². The predicted octanol–water partition coefficient (Wildman–Crippen LogP) is 1.01. The summed E-state index contributed by atoms with van der Waals surface area (Å²) >= 11 is 0. The van der Waals surface area contributed by atoms with Crippen LogP contribution in [0.1, 0.15) is 31.4 Å². The highest BCUT2D eigenvalue weighted by atomic mass is 16.5. The summed E-state index contributed by atoms with van der Waals surface area (Å²) in [7, 11) is 0. The second-order valence-corrected chi connectivity index (χ2v) is 6.07. The van der Waals surface area contributed by atoms with E-state index in [4.69, 9.17) is 4.52 Å². The molecule has 0 radical (unpaired) electrons. The van der Waals surface area contributed by atoms with Gasteiger partial charge in [-0.25, -0.2) is 0 Å². The zero-order valence-corrected chi connectivity index (χ0v) is 12.9. The van der Waals surface area contributed by atoms with Crippen LogP contribution in [0.5, 0.6) is 0 Å². The molecule has 0 bridgehead atoms. The number of carbonyl (C=O) groups is 2. The summed E-state index contributed by atoms with van der Waals surface area (Å²) in [6.07, 6.45) is 4.52. The van der Waals surface area contributed by atoms with Gasteiger partial charge in [-0.3, -0.25) is 19.8 Å². The van der Waals surface area contributed by atoms with Gasteiger partial charge in [-0.15, -0.1) is 0 Å². The summed E-state index contributed by atoms with van der Waals surface area (Å²) in [5.74, 6) is -0.251. The summed E-state index contributed by atoms with van der Waals surface area (Å²) in [6, 6.07) is 1.98. The number of aromatic nitrogens is 1. The second-order valence-electron chi connectivity index (χ2n) is 6.07. The quantitative estimate of drug-likeness (QED) is 0.825. The van der Waals surface area contributed by atoms with Crippen LogP contribution < -0.4 is 5.32 Å². The summed E-state index contributed by atoms with van der Waals surface area (Å²) < 4.78 is 4.88. The molecular formula is C15H22N4O3. The van der Waals surface area contributed by atoms with Gasteiger partial charge in [-0.1, -0.05) is 5.16 Å². The predicted molar refractivity (Wildman–Crippen MR) is 80.3 cm³/mol. The molecule has 0 spiro atoms. The smallest absolute Gasteiger partial charge is 0.315 e. The highest BCUT2D eigenvalue weighted by molar-refractivity contribution is 6.39. The van der Waals surface area contributed by atoms with Crippen molar-refractivity contribution in [3.8, 4) is 0 Å². The Hall–Kier alpha value is -1.89. The Labute approximate surface area is 129 Å². The van der Waals surface area contributed by atoms with E-state index in [2.05, 4.69) is 15.4 Å². The van der Waals surface area contributed by atoms with E-state index in [1.807, 2.05) is 0 Å². The van der Waals surface area contributed by atoms with Gasteiger partial charge in [0.1, 0.15) is 5.76 Å². The zero-order chi connectivity index (χ0) is 15.5. The van der Waals surface area contributed by atoms with Crippen molar-refractivity contribution < 1.29 is 14.1 Å². The first-order valence-corrected chi connectivity index (χ1v) is 7.91. The number of carbonyl (C=O) groups excluding carboxylic acids is 2. The van der Waals surface area contributed by atoms with Crippen LogP contribution in [0.4, 0.5) is 5.82 Å². The van der Waals surface area contributed by atoms with Gasteiger partial charge in [0.15, 0.2) is 5.82 Å². The fourth-order valence-electron chi connectivity index (χ4n) is 3.28. The first-order valence-electron chi connectivity index (χ1n) is 7.91. The van der Waals surface area contributed by atoms with E-state index >= 15 is 0 Å². The first kappa shape index (κ1) is 15.0. The Morgan fingerprint density at radius 1 is 1.27 bits per heavy atom. The Balaban J connectivity index is 1.57. The number of aryl methyl sites for hydroxylation is 1. The number of anilines is 1. The normalized spacial score (nSPS) is 22.8. The van der Waals surface area contributed by atoms with Gasteiger partial charge in [0.05, 0.1) is 0 Å². The molecule has 0 aliphatic carbocycles. The highest BCUT2D eigenvalue weighted by Gasteiger charge is 2.31. The van der Waals surface area contributed by atoms with E-state index in [-0.39, 0.29) is 5.82 Å². The van der Waals surface area contributed by atoms with Gasteiger partial charge in [0.2, 0.25) is 0 Å². The monoisotopic (exact) mass is 306 g/mol. The number of amides is 2. The molecule has 2 saturated heterocycles. The Morgan fingerprint density at radius 2 is 2.05 bits per heavy atom. The molecule has 7 heteroatoms. The topological polar surface area (TPSA) is 78.7 Å². The van der Waals surface area contributed by atoms with Gasteiger partial charge in [-0.05, 0) is 45.7 Å². The molecule has 3 heterocycles. The van der Waals surface area contributed by atoms with Gasteiger partial charge < -0.3 is 9.42 Å². The lowest BCUT2D eigenvalue weighted by Crippen LogP contribution is -2.51. The molecule has 7 nitrogen and oxygen atoms in total. The summed E-state index contributed by atoms with van der Waals surface area (Å²) in [5.41, 5.74) is 0. The van der Waals surface area contributed by atoms with Crippen LogP contribution in [0, 0.1) is 6.92 Å². The van der Waals surface area contributed by atoms with Gasteiger partial charge in [0, 0.05) is 25.2 Å². The van der Waals surface area contributed by atoms with E-state index < -0.39 is 11.8 Å². The lowest BCUT2D eigenvalue weighted by molar-refractivity contribution is -0.144. The van der Waals surface area contributed by atoms with Crippen molar-refractivity contribution in [2.45, 2.75) is 38.6 Å². The molecule has 0 unspecified atom stereocenters. The molecule has 120 valence electrons. The highest BCUT2D eigenvalue weighted by Crippen LogP contribution is 2.20. The average Bonchev–Trinajstić information content (AvgIpc) is 3.18. The van der Waals surface area contributed by atoms with Crippen molar-refractivity contribution in [2.24, 2.45) is 0 Å². The summed E-state index contributed by atoms with van der Waals surface area (Å²) in [4.78, 5) is 28.5. The Kier molecular flexibility index (Phi) is 4.42. The molecule has 0 aromatic carbocycles. The molecule has 1 N–H and O–H groups in total. The van der Waals surface area contributed by atoms with E-state index in [1.165, 1.54) is 12.8 Å². The van der Waals surface area contributed by atoms with Crippen LogP contribution >= 0.6 is 0 Å². The fourth-order valence-corrected chi connectivity index (χ4v) is 3.28. The fraction of sp³-hybridized carbons (Fsp3) is 0.667. The number of nitrogens with one attached hydrogen (secondary N) is 1. The Morgan fingerprint density at radius 3 is 2.73 bits per heavy atom. The molecule has 1 aromatic rings. The van der Waals surface area contributed by atoms with Crippen LogP contribution in [0.15, 0.2) is 10.6 Å². The van der Waals surface area contributed by atoms with E-state index in [0.29, 0.717) is 24.9 Å². The average molecular weight is 306 g/mol. The van der Waals surface area contributed by atoms with E-state index in [1.54, 1.807) is 17.9 Å². The van der Waals surface area contributed by atoms with Gasteiger partial charge in [0.25, 0.3) is 0 Å². The molecule has 2 fully saturated rings. The van der Waals surface area contributed by atoms with Crippen LogP contribution in [0.2, 0.25) is 0 Å². The second kappa shape index (κ2) is 6.48. The van der Waals surface area contributed by atoms with Crippen molar-refractivity contribution in [1.29, 1.82) is 0 Å². The Bertz CT molecular complexity index is 551. The number of rotatable bonds is 2. The van der Waals surface area contributed by atoms with Gasteiger partial charge >= 0.3 is 11.8 Å². The lowest BCUT2D eigenvalue weighted by atomic mass is 10.0. The van der Waals surface area contributed by atoms with Crippen LogP contribution in [0.25, 0.3) is 0 Å². The molecule has 2 aliphatic heterocycles. The first-order chi connectivity index (χ1) is 10.6. The number of piperidine rings is 1. The van der Waals surface area contributed by atoms with Crippen molar-refractivity contribution >= 4 is 17.6 Å². The number of hydrogen-bond acceptors (Lipinski definition) is 5. The summed E-state index contributed by atoms with van der Waals surface area (Å²) in [6.45, 7) is 5.24. The molecule has 2 aliphatic rings. The van der Waals surface area contributed by atoms with E-state index in [9.17, 15) is 9.59 Å². The third-order valence-corrected chi connectivity index (χ3v) is 4.40. The molecule has 1 atom stereocenters. The zero-order valence-electron chi connectivity index (χ0n) is 12.9. The maximum Gasteiger partial charge on any atom is 0.315 e. The molecule has 0 saturated carbocycles. The number of hydrogen-bond donors (Lipinski definition) is 1. The standard InChI is InChI=1S/C15H22N4O3/c1-11-9-13(17-22-11)16-14(20)15(21)19-8-4-5-12(10-19)18-6-2-3-7-18/h9,12H,2-8,10H2,1H3,(H,16,17,20)/t12-/m0/s1. The third kappa shape index (κ3) is 3.30. The molecule has 1 aromatic heterocycles. The maximum absolute atomic E-state index is 12.3. The molecular weight excluding hydrogens is 284 g/mol. The minimum atomic E-state index is -0.643. The summed E-state index contributed by atoms with van der Waals surface area (Å²) in [5, 5.41) is 6.17. The van der Waals surface area contributed by atoms with E-state index in [0.717, 1.165) is 25.9 Å². The van der Waals surface area contributed by atoms with Crippen LogP contribution in [0.3, 0.4) is 0 Å². The van der Waals surface area contributed by atoms with Crippen LogP contribution in [-0.4, -0.2) is 59.0 Å². The number of nitrogens with zero attached hydrogens (tertiary/aromatic N) is 3. The van der Waals surface area contributed by atoms with Crippen molar-refractivity contribution in [3.05, 3.63) is 11.8 Å². The largest absolute Gasteiger partial charge is 0.360 e.